The predicted octanol–water partition coefficient (Wildman–Crippen LogP) is 3.82. The number of nitrogens with zero attached hydrogens (tertiary/aromatic N) is 1. The molecule has 160 valence electrons. The largest absolute Gasteiger partial charge is 0.493 e. The summed E-state index contributed by atoms with van der Waals surface area (Å²) in [5.74, 6) is 2.75. The van der Waals surface area contributed by atoms with E-state index in [4.69, 9.17) is 18.9 Å². The van der Waals surface area contributed by atoms with Crippen molar-refractivity contribution >= 4 is 11.1 Å². The van der Waals surface area contributed by atoms with Gasteiger partial charge in [-0.1, -0.05) is 12.1 Å². The van der Waals surface area contributed by atoms with Crippen molar-refractivity contribution in [3.63, 3.8) is 0 Å². The van der Waals surface area contributed by atoms with E-state index >= 15 is 0 Å². The molecule has 0 amide bonds. The molecular weight excluding hydrogens is 382 g/mol. The van der Waals surface area contributed by atoms with Gasteiger partial charge in [0.25, 0.3) is 0 Å². The maximum atomic E-state index is 11.3. The van der Waals surface area contributed by atoms with Crippen LogP contribution >= 0.6 is 0 Å². The normalized spacial score (nSPS) is 21.4. The van der Waals surface area contributed by atoms with Gasteiger partial charge in [0.15, 0.2) is 23.0 Å². The summed E-state index contributed by atoms with van der Waals surface area (Å²) in [6, 6.07) is 11.9. The summed E-state index contributed by atoms with van der Waals surface area (Å²) in [6.07, 6.45) is 2.34. The van der Waals surface area contributed by atoms with Crippen LogP contribution in [0.1, 0.15) is 30.4 Å². The molecular formula is C24H29NO5. The Bertz CT molecular complexity index is 970. The van der Waals surface area contributed by atoms with Crippen LogP contribution in [0.2, 0.25) is 0 Å². The summed E-state index contributed by atoms with van der Waals surface area (Å²) in [5.41, 5.74) is 3.57. The number of hydrogen-bond acceptors (Lipinski definition) is 6. The zero-order chi connectivity index (χ0) is 21.3. The van der Waals surface area contributed by atoms with Crippen LogP contribution in [0, 0.1) is 0 Å². The fourth-order valence-electron chi connectivity index (χ4n) is 4.61. The molecule has 1 unspecified atom stereocenters. The van der Waals surface area contributed by atoms with Crippen LogP contribution in [-0.2, 0) is 0 Å². The second-order valence-electron chi connectivity index (χ2n) is 7.78. The molecule has 0 aliphatic carbocycles. The average Bonchev–Trinajstić information content (AvgIpc) is 3.17. The van der Waals surface area contributed by atoms with Gasteiger partial charge in [0.05, 0.1) is 28.4 Å². The number of ether oxygens (including phenoxy) is 4. The Hall–Kier alpha value is -2.70. The highest BCUT2D eigenvalue weighted by atomic mass is 16.5. The topological polar surface area (TPSA) is 60.4 Å². The van der Waals surface area contributed by atoms with Gasteiger partial charge in [0, 0.05) is 19.5 Å². The van der Waals surface area contributed by atoms with Crippen LogP contribution < -0.4 is 18.9 Å². The van der Waals surface area contributed by atoms with Crippen LogP contribution in [-0.4, -0.2) is 57.3 Å². The summed E-state index contributed by atoms with van der Waals surface area (Å²) in [7, 11) is 6.55. The molecule has 2 aromatic carbocycles. The lowest BCUT2D eigenvalue weighted by Crippen LogP contribution is -2.47. The van der Waals surface area contributed by atoms with E-state index in [1.165, 1.54) is 5.57 Å². The number of benzene rings is 2. The third-order valence-corrected chi connectivity index (χ3v) is 6.23. The molecule has 6 heteroatoms. The van der Waals surface area contributed by atoms with Gasteiger partial charge in [-0.25, -0.2) is 0 Å². The monoisotopic (exact) mass is 411 g/mol. The van der Waals surface area contributed by atoms with E-state index in [-0.39, 0.29) is 0 Å². The van der Waals surface area contributed by atoms with E-state index in [1.807, 2.05) is 30.3 Å². The van der Waals surface area contributed by atoms with Crippen molar-refractivity contribution in [3.8, 4) is 23.0 Å². The first-order valence-corrected chi connectivity index (χ1v) is 10.2. The van der Waals surface area contributed by atoms with Crippen LogP contribution in [0.25, 0.3) is 11.1 Å². The quantitative estimate of drug-likeness (QED) is 0.780. The van der Waals surface area contributed by atoms with Gasteiger partial charge < -0.3 is 24.1 Å². The number of aliphatic hydroxyl groups is 1. The Morgan fingerprint density at radius 1 is 0.767 bits per heavy atom. The summed E-state index contributed by atoms with van der Waals surface area (Å²) < 4.78 is 21.9. The van der Waals surface area contributed by atoms with Crippen molar-refractivity contribution < 1.29 is 24.1 Å². The lowest BCUT2D eigenvalue weighted by atomic mass is 9.84. The molecule has 2 aromatic rings. The van der Waals surface area contributed by atoms with Gasteiger partial charge in [0.1, 0.15) is 5.72 Å². The summed E-state index contributed by atoms with van der Waals surface area (Å²) >= 11 is 0. The highest BCUT2D eigenvalue weighted by molar-refractivity contribution is 5.94. The van der Waals surface area contributed by atoms with Crippen LogP contribution in [0.4, 0.5) is 0 Å². The van der Waals surface area contributed by atoms with Crippen molar-refractivity contribution in [1.82, 2.24) is 4.90 Å². The molecule has 30 heavy (non-hydrogen) atoms. The Morgan fingerprint density at radius 2 is 1.30 bits per heavy atom. The zero-order valence-electron chi connectivity index (χ0n) is 18.0. The van der Waals surface area contributed by atoms with E-state index in [0.717, 1.165) is 36.1 Å². The molecule has 0 spiro atoms. The Kier molecular flexibility index (Phi) is 5.62. The van der Waals surface area contributed by atoms with Crippen molar-refractivity contribution in [2.24, 2.45) is 0 Å². The zero-order valence-corrected chi connectivity index (χ0v) is 18.0. The number of rotatable bonds is 6. The van der Waals surface area contributed by atoms with Crippen molar-refractivity contribution in [2.45, 2.75) is 25.0 Å². The van der Waals surface area contributed by atoms with Gasteiger partial charge in [0.2, 0.25) is 0 Å². The molecule has 4 rings (SSSR count). The first-order chi connectivity index (χ1) is 14.5. The fraction of sp³-hybridized carbons (Fsp3) is 0.417. The van der Waals surface area contributed by atoms with Gasteiger partial charge in [-0.05, 0) is 59.4 Å². The Balaban J connectivity index is 1.87. The van der Waals surface area contributed by atoms with Crippen LogP contribution in [0.5, 0.6) is 23.0 Å². The van der Waals surface area contributed by atoms with Crippen molar-refractivity contribution in [3.05, 3.63) is 47.5 Å². The van der Waals surface area contributed by atoms with Crippen molar-refractivity contribution in [1.29, 1.82) is 0 Å². The Morgan fingerprint density at radius 3 is 1.83 bits per heavy atom. The van der Waals surface area contributed by atoms with E-state index in [0.29, 0.717) is 36.0 Å². The molecule has 0 radical (unpaired) electrons. The van der Waals surface area contributed by atoms with E-state index in [1.54, 1.807) is 28.4 Å². The molecule has 6 nitrogen and oxygen atoms in total. The minimum atomic E-state index is -0.803. The number of methoxy groups -OCH3 is 4. The van der Waals surface area contributed by atoms with Gasteiger partial charge in [-0.3, -0.25) is 4.90 Å². The molecule has 1 atom stereocenters. The third kappa shape index (κ3) is 3.50. The molecule has 1 N–H and O–H groups in total. The predicted molar refractivity (Wildman–Crippen MR) is 116 cm³/mol. The Labute approximate surface area is 177 Å². The lowest BCUT2D eigenvalue weighted by molar-refractivity contribution is -0.0723. The average molecular weight is 411 g/mol. The summed E-state index contributed by atoms with van der Waals surface area (Å²) in [6.45, 7) is 1.57. The van der Waals surface area contributed by atoms with Crippen molar-refractivity contribution in [2.75, 3.05) is 41.5 Å². The van der Waals surface area contributed by atoms with E-state index in [2.05, 4.69) is 11.0 Å². The first-order valence-electron chi connectivity index (χ1n) is 10.2. The van der Waals surface area contributed by atoms with Crippen LogP contribution in [0.3, 0.4) is 0 Å². The van der Waals surface area contributed by atoms with Crippen LogP contribution in [0.15, 0.2) is 36.4 Å². The second-order valence-corrected chi connectivity index (χ2v) is 7.78. The van der Waals surface area contributed by atoms with E-state index < -0.39 is 5.72 Å². The second kappa shape index (κ2) is 8.20. The molecule has 0 saturated carbocycles. The molecule has 1 saturated heterocycles. The minimum Gasteiger partial charge on any atom is -0.493 e. The highest BCUT2D eigenvalue weighted by Gasteiger charge is 2.43. The smallest absolute Gasteiger partial charge is 0.161 e. The first kappa shape index (κ1) is 20.6. The van der Waals surface area contributed by atoms with Gasteiger partial charge >= 0.3 is 0 Å². The third-order valence-electron chi connectivity index (χ3n) is 6.23. The maximum absolute atomic E-state index is 11.3. The molecule has 2 heterocycles. The molecule has 2 aliphatic heterocycles. The minimum absolute atomic E-state index is 0.562. The van der Waals surface area contributed by atoms with Gasteiger partial charge in [-0.15, -0.1) is 0 Å². The summed E-state index contributed by atoms with van der Waals surface area (Å²) in [5, 5.41) is 11.3. The number of fused-ring (bicyclic) bond motifs is 1. The number of hydrogen-bond donors (Lipinski definition) is 1. The molecule has 2 aliphatic rings. The molecule has 0 bridgehead atoms. The van der Waals surface area contributed by atoms with E-state index in [9.17, 15) is 5.11 Å². The molecule has 0 aromatic heterocycles. The standard InChI is InChI=1S/C24H29NO5/c1-27-20-8-6-16(12-22(20)29-3)18-14-24(26)10-5-11-25(24)15-19(18)17-7-9-21(28-2)23(13-17)30-4/h6-9,12-13,26H,5,10-11,14-15H2,1-4H3. The lowest BCUT2D eigenvalue weighted by Gasteiger charge is -2.40. The highest BCUT2D eigenvalue weighted by Crippen LogP contribution is 2.46. The molecule has 1 fully saturated rings. The SMILES string of the molecule is COc1ccc(C2=C(c3ccc(OC)c(OC)c3)CC3(O)CCCN3C2)cc1OC. The van der Waals surface area contributed by atoms with Gasteiger partial charge in [-0.2, -0.15) is 0 Å². The fourth-order valence-corrected chi connectivity index (χ4v) is 4.61. The summed E-state index contributed by atoms with van der Waals surface area (Å²) in [4.78, 5) is 2.18. The maximum Gasteiger partial charge on any atom is 0.161 e.